The van der Waals surface area contributed by atoms with Crippen LogP contribution in [-0.2, 0) is 0 Å². The molecule has 1 heteroatoms. The third-order valence-electron chi connectivity index (χ3n) is 0.365. The standard InChI is InChI=1S/C4H9.Bi/c1-4(2)3;/h4H,1H2,2-3H3;/q;+2. The van der Waals surface area contributed by atoms with Gasteiger partial charge < -0.3 is 0 Å². The molecule has 0 spiro atoms. The van der Waals surface area contributed by atoms with Gasteiger partial charge in [0, 0.05) is 0 Å². The van der Waals surface area contributed by atoms with E-state index in [-0.39, 0.29) is 0 Å². The summed E-state index contributed by atoms with van der Waals surface area (Å²) in [5, 5.41) is 0. The van der Waals surface area contributed by atoms with Gasteiger partial charge in [0.05, 0.1) is 0 Å². The molecule has 0 atom stereocenters. The fraction of sp³-hybridized carbons (Fsp3) is 1.00. The van der Waals surface area contributed by atoms with E-state index < -0.39 is 0 Å². The van der Waals surface area contributed by atoms with Crippen LogP contribution in [0.25, 0.3) is 0 Å². The summed E-state index contributed by atoms with van der Waals surface area (Å²) >= 11 is 1.54. The second-order valence-electron chi connectivity index (χ2n) is 1.58. The molecular formula is C4H9Bi+2. The van der Waals surface area contributed by atoms with Crippen molar-refractivity contribution < 1.29 is 0 Å². The van der Waals surface area contributed by atoms with Crippen LogP contribution in [0.4, 0.5) is 0 Å². The van der Waals surface area contributed by atoms with Gasteiger partial charge in [0.1, 0.15) is 0 Å². The average Bonchev–Trinajstić information content (AvgIpc) is 1.38. The monoisotopic (exact) mass is 266 g/mol. The van der Waals surface area contributed by atoms with Crippen LogP contribution < -0.4 is 0 Å². The van der Waals surface area contributed by atoms with Gasteiger partial charge in [0.25, 0.3) is 0 Å². The van der Waals surface area contributed by atoms with Gasteiger partial charge in [0.2, 0.25) is 0 Å². The summed E-state index contributed by atoms with van der Waals surface area (Å²) in [6.45, 7) is 4.50. The van der Waals surface area contributed by atoms with Gasteiger partial charge in [-0.25, -0.2) is 0 Å². The Bertz CT molecular complexity index is 17.6. The zero-order valence-electron chi connectivity index (χ0n) is 3.73. The van der Waals surface area contributed by atoms with Crippen molar-refractivity contribution in [2.75, 3.05) is 0 Å². The van der Waals surface area contributed by atoms with Gasteiger partial charge in [-0.1, -0.05) is 0 Å². The summed E-state index contributed by atoms with van der Waals surface area (Å²) in [6.07, 6.45) is 0. The van der Waals surface area contributed by atoms with Crippen LogP contribution in [0, 0.1) is 5.92 Å². The molecule has 28 valence electrons. The minimum atomic E-state index is 0.934. The van der Waals surface area contributed by atoms with Crippen molar-refractivity contribution in [1.29, 1.82) is 0 Å². The normalized spacial score (nSPS) is 9.40. The minimum absolute atomic E-state index is 0.934. The molecule has 0 aliphatic carbocycles. The maximum absolute atomic E-state index is 2.25. The van der Waals surface area contributed by atoms with Crippen molar-refractivity contribution in [1.82, 2.24) is 0 Å². The van der Waals surface area contributed by atoms with Crippen LogP contribution in [0.5, 0.6) is 0 Å². The van der Waals surface area contributed by atoms with Gasteiger partial charge >= 0.3 is 48.6 Å². The molecule has 0 nitrogen and oxygen atoms in total. The summed E-state index contributed by atoms with van der Waals surface area (Å²) in [7, 11) is 0. The van der Waals surface area contributed by atoms with Crippen LogP contribution in [0.15, 0.2) is 0 Å². The first-order valence-electron chi connectivity index (χ1n) is 1.88. The molecule has 0 bridgehead atoms. The number of rotatable bonds is 1. The Kier molecular flexibility index (Phi) is 3.63. The summed E-state index contributed by atoms with van der Waals surface area (Å²) < 4.78 is 1.42. The second-order valence-corrected chi connectivity index (χ2v) is 3.00. The van der Waals surface area contributed by atoms with Crippen molar-refractivity contribution >= 4 is 24.7 Å². The van der Waals surface area contributed by atoms with E-state index in [9.17, 15) is 0 Å². The summed E-state index contributed by atoms with van der Waals surface area (Å²) in [5.41, 5.74) is 0. The van der Waals surface area contributed by atoms with E-state index in [1.807, 2.05) is 0 Å². The van der Waals surface area contributed by atoms with E-state index >= 15 is 0 Å². The quantitative estimate of drug-likeness (QED) is 0.626. The fourth-order valence-electron chi connectivity index (χ4n) is 0. The topological polar surface area (TPSA) is 0 Å². The number of hydrogen-bond acceptors (Lipinski definition) is 0. The maximum atomic E-state index is 2.25. The molecule has 0 amide bonds. The molecule has 5 heavy (non-hydrogen) atoms. The van der Waals surface area contributed by atoms with Crippen molar-refractivity contribution in [3.8, 4) is 0 Å². The Morgan fingerprint density at radius 3 is 1.80 bits per heavy atom. The van der Waals surface area contributed by atoms with Crippen LogP contribution in [0.3, 0.4) is 0 Å². The third-order valence-corrected chi connectivity index (χ3v) is 3.20. The molecule has 0 aromatic carbocycles. The van der Waals surface area contributed by atoms with Crippen molar-refractivity contribution in [3.05, 3.63) is 0 Å². The van der Waals surface area contributed by atoms with Crippen LogP contribution in [0.1, 0.15) is 13.8 Å². The first kappa shape index (κ1) is 5.88. The molecule has 0 fully saturated rings. The van der Waals surface area contributed by atoms with Gasteiger partial charge in [0.15, 0.2) is 0 Å². The van der Waals surface area contributed by atoms with Crippen LogP contribution in [-0.4, -0.2) is 24.7 Å². The predicted molar refractivity (Wildman–Crippen MR) is 25.4 cm³/mol. The molecule has 0 saturated carbocycles. The average molecular weight is 266 g/mol. The van der Waals surface area contributed by atoms with Crippen molar-refractivity contribution in [3.63, 3.8) is 0 Å². The Morgan fingerprint density at radius 1 is 1.60 bits per heavy atom. The van der Waals surface area contributed by atoms with E-state index in [1.165, 1.54) is 28.8 Å². The molecule has 0 N–H and O–H groups in total. The van der Waals surface area contributed by atoms with Gasteiger partial charge in [-0.15, -0.1) is 0 Å². The van der Waals surface area contributed by atoms with Crippen molar-refractivity contribution in [2.24, 2.45) is 5.92 Å². The molecule has 0 aromatic heterocycles. The number of hydrogen-bond donors (Lipinski definition) is 0. The van der Waals surface area contributed by atoms with Gasteiger partial charge in [-0.3, -0.25) is 0 Å². The first-order chi connectivity index (χ1) is 2.27. The fourth-order valence-corrected chi connectivity index (χ4v) is 0. The van der Waals surface area contributed by atoms with Crippen LogP contribution >= 0.6 is 0 Å². The molecule has 0 aliphatic heterocycles. The van der Waals surface area contributed by atoms with E-state index in [0.717, 1.165) is 5.92 Å². The summed E-state index contributed by atoms with van der Waals surface area (Å²) in [5.74, 6) is 0.934. The molecule has 2 radical (unpaired) electrons. The zero-order chi connectivity index (χ0) is 4.28. The van der Waals surface area contributed by atoms with Gasteiger partial charge in [-0.05, 0) is 0 Å². The first-order valence-corrected chi connectivity index (χ1v) is 4.34. The molecule has 0 aliphatic rings. The molecule has 0 saturated heterocycles. The Labute approximate surface area is 48.8 Å². The van der Waals surface area contributed by atoms with Gasteiger partial charge in [-0.2, -0.15) is 0 Å². The molecule has 0 rings (SSSR count). The molecular weight excluding hydrogens is 257 g/mol. The summed E-state index contributed by atoms with van der Waals surface area (Å²) in [6, 6.07) is 0. The Balaban J connectivity index is 2.54. The Morgan fingerprint density at radius 2 is 1.80 bits per heavy atom. The Hall–Kier alpha value is 0.883. The van der Waals surface area contributed by atoms with E-state index in [2.05, 4.69) is 13.8 Å². The molecule has 0 unspecified atom stereocenters. The molecule has 0 heterocycles. The van der Waals surface area contributed by atoms with Crippen LogP contribution in [0.2, 0.25) is 4.13 Å². The second kappa shape index (κ2) is 3.09. The predicted octanol–water partition coefficient (Wildman–Crippen LogP) is 1.23. The third kappa shape index (κ3) is 4.88. The zero-order valence-corrected chi connectivity index (χ0v) is 7.21. The summed E-state index contributed by atoms with van der Waals surface area (Å²) in [4.78, 5) is 0. The van der Waals surface area contributed by atoms with E-state index in [4.69, 9.17) is 0 Å². The van der Waals surface area contributed by atoms with E-state index in [1.54, 1.807) is 0 Å². The molecule has 0 aromatic rings. The van der Waals surface area contributed by atoms with Crippen molar-refractivity contribution in [2.45, 2.75) is 18.0 Å². The van der Waals surface area contributed by atoms with E-state index in [0.29, 0.717) is 0 Å². The SMILES string of the molecule is CC(C)[CH2][Bi+2].